The molecule has 0 spiro atoms. The molecule has 16 heavy (non-hydrogen) atoms. The van der Waals surface area contributed by atoms with E-state index in [0.29, 0.717) is 6.04 Å². The molecular formula is C12H24N2O2. The van der Waals surface area contributed by atoms with Gasteiger partial charge in [0.25, 0.3) is 0 Å². The van der Waals surface area contributed by atoms with Gasteiger partial charge in [-0.15, -0.1) is 0 Å². The normalized spacial score (nSPS) is 27.9. The molecule has 4 heteroatoms. The fourth-order valence-corrected chi connectivity index (χ4v) is 2.24. The van der Waals surface area contributed by atoms with E-state index in [2.05, 4.69) is 24.1 Å². The fourth-order valence-electron chi connectivity index (χ4n) is 2.24. The number of aliphatic hydroxyl groups is 1. The topological polar surface area (TPSA) is 44.7 Å². The van der Waals surface area contributed by atoms with E-state index >= 15 is 0 Å². The van der Waals surface area contributed by atoms with Crippen LogP contribution in [0.1, 0.15) is 26.7 Å². The average Bonchev–Trinajstić information content (AvgIpc) is 3.03. The number of ether oxygens (including phenoxy) is 1. The predicted octanol–water partition coefficient (Wildman–Crippen LogP) is 0.210. The van der Waals surface area contributed by atoms with Gasteiger partial charge in [-0.25, -0.2) is 0 Å². The molecule has 1 aliphatic heterocycles. The molecule has 1 atom stereocenters. The Balaban J connectivity index is 1.84. The number of rotatable bonds is 5. The van der Waals surface area contributed by atoms with Gasteiger partial charge >= 0.3 is 0 Å². The molecule has 0 aromatic rings. The van der Waals surface area contributed by atoms with E-state index in [1.165, 1.54) is 12.8 Å². The van der Waals surface area contributed by atoms with E-state index in [1.54, 1.807) is 0 Å². The average molecular weight is 228 g/mol. The van der Waals surface area contributed by atoms with E-state index in [1.807, 2.05) is 0 Å². The van der Waals surface area contributed by atoms with Crippen molar-refractivity contribution in [1.82, 2.24) is 10.2 Å². The standard InChI is InChI=1S/C12H24N2O2/c1-12(2)9-16-6-5-14(12)7-11(8-15)13-10-3-4-10/h10-11,13,15H,3-9H2,1-2H3. The molecule has 2 aliphatic rings. The van der Waals surface area contributed by atoms with Crippen LogP contribution >= 0.6 is 0 Å². The number of aliphatic hydroxyl groups excluding tert-OH is 1. The molecule has 2 rings (SSSR count). The summed E-state index contributed by atoms with van der Waals surface area (Å²) in [6, 6.07) is 0.867. The van der Waals surface area contributed by atoms with E-state index in [0.717, 1.165) is 26.3 Å². The number of nitrogens with zero attached hydrogens (tertiary/aromatic N) is 1. The molecule has 0 aromatic carbocycles. The summed E-state index contributed by atoms with van der Waals surface area (Å²) >= 11 is 0. The van der Waals surface area contributed by atoms with Crippen LogP contribution in [0.4, 0.5) is 0 Å². The van der Waals surface area contributed by atoms with Crippen molar-refractivity contribution in [2.45, 2.75) is 44.3 Å². The Bertz CT molecular complexity index is 229. The summed E-state index contributed by atoms with van der Waals surface area (Å²) in [5, 5.41) is 12.9. The van der Waals surface area contributed by atoms with Gasteiger partial charge in [-0.05, 0) is 26.7 Å². The van der Waals surface area contributed by atoms with Crippen LogP contribution in [-0.4, -0.2) is 60.5 Å². The zero-order chi connectivity index (χ0) is 11.6. The minimum Gasteiger partial charge on any atom is -0.395 e. The van der Waals surface area contributed by atoms with Crippen LogP contribution < -0.4 is 5.32 Å². The zero-order valence-corrected chi connectivity index (χ0v) is 10.4. The van der Waals surface area contributed by atoms with Crippen molar-refractivity contribution in [3.05, 3.63) is 0 Å². The van der Waals surface area contributed by atoms with E-state index in [9.17, 15) is 5.11 Å². The van der Waals surface area contributed by atoms with Crippen LogP contribution in [0.25, 0.3) is 0 Å². The van der Waals surface area contributed by atoms with Gasteiger partial charge in [0.05, 0.1) is 19.8 Å². The van der Waals surface area contributed by atoms with Gasteiger partial charge in [0, 0.05) is 30.7 Å². The third-order valence-electron chi connectivity index (χ3n) is 3.53. The van der Waals surface area contributed by atoms with Gasteiger partial charge in [0.1, 0.15) is 0 Å². The van der Waals surface area contributed by atoms with Crippen molar-refractivity contribution < 1.29 is 9.84 Å². The highest BCUT2D eigenvalue weighted by Gasteiger charge is 2.33. The highest BCUT2D eigenvalue weighted by atomic mass is 16.5. The van der Waals surface area contributed by atoms with Crippen LogP contribution in [0.2, 0.25) is 0 Å². The molecule has 94 valence electrons. The lowest BCUT2D eigenvalue weighted by molar-refractivity contribution is -0.0565. The van der Waals surface area contributed by atoms with Gasteiger partial charge in [-0.2, -0.15) is 0 Å². The second-order valence-corrected chi connectivity index (χ2v) is 5.63. The second-order valence-electron chi connectivity index (χ2n) is 5.63. The molecule has 0 radical (unpaired) electrons. The van der Waals surface area contributed by atoms with Crippen LogP contribution in [-0.2, 0) is 4.74 Å². The van der Waals surface area contributed by atoms with Crippen molar-refractivity contribution in [3.63, 3.8) is 0 Å². The number of nitrogens with one attached hydrogen (secondary N) is 1. The maximum absolute atomic E-state index is 9.38. The predicted molar refractivity (Wildman–Crippen MR) is 63.5 cm³/mol. The summed E-state index contributed by atoms with van der Waals surface area (Å²) in [5.41, 5.74) is 0.0941. The molecule has 1 saturated heterocycles. The minimum atomic E-state index is 0.0941. The van der Waals surface area contributed by atoms with E-state index in [-0.39, 0.29) is 18.2 Å². The maximum atomic E-state index is 9.38. The first-order valence-corrected chi connectivity index (χ1v) is 6.31. The second kappa shape index (κ2) is 5.00. The number of hydrogen-bond donors (Lipinski definition) is 2. The van der Waals surface area contributed by atoms with Gasteiger partial charge in [0.15, 0.2) is 0 Å². The van der Waals surface area contributed by atoms with Crippen molar-refractivity contribution in [2.24, 2.45) is 0 Å². The smallest absolute Gasteiger partial charge is 0.0645 e. The van der Waals surface area contributed by atoms with Crippen LogP contribution in [0.5, 0.6) is 0 Å². The molecule has 2 N–H and O–H groups in total. The lowest BCUT2D eigenvalue weighted by Gasteiger charge is -2.43. The molecule has 0 aromatic heterocycles. The molecule has 2 fully saturated rings. The van der Waals surface area contributed by atoms with Gasteiger partial charge in [0.2, 0.25) is 0 Å². The number of hydrogen-bond acceptors (Lipinski definition) is 4. The summed E-state index contributed by atoms with van der Waals surface area (Å²) < 4.78 is 5.50. The molecular weight excluding hydrogens is 204 g/mol. The van der Waals surface area contributed by atoms with Crippen molar-refractivity contribution >= 4 is 0 Å². The van der Waals surface area contributed by atoms with Crippen molar-refractivity contribution in [3.8, 4) is 0 Å². The molecule has 1 aliphatic carbocycles. The van der Waals surface area contributed by atoms with Crippen molar-refractivity contribution in [2.75, 3.05) is 32.9 Å². The molecule has 0 bridgehead atoms. The Labute approximate surface area is 98.0 Å². The zero-order valence-electron chi connectivity index (χ0n) is 10.4. The monoisotopic (exact) mass is 228 g/mol. The first-order valence-electron chi connectivity index (χ1n) is 6.31. The first-order chi connectivity index (χ1) is 7.62. The largest absolute Gasteiger partial charge is 0.395 e. The lowest BCUT2D eigenvalue weighted by Crippen LogP contribution is -2.57. The molecule has 1 unspecified atom stereocenters. The molecule has 0 amide bonds. The Morgan fingerprint density at radius 1 is 1.50 bits per heavy atom. The summed E-state index contributed by atoms with van der Waals surface area (Å²) in [6.07, 6.45) is 2.53. The highest BCUT2D eigenvalue weighted by molar-refractivity contribution is 4.90. The molecule has 1 saturated carbocycles. The summed E-state index contributed by atoms with van der Waals surface area (Å²) in [6.45, 7) is 8.12. The minimum absolute atomic E-state index is 0.0941. The Kier molecular flexibility index (Phi) is 3.85. The third-order valence-corrected chi connectivity index (χ3v) is 3.53. The Morgan fingerprint density at radius 3 is 2.81 bits per heavy atom. The highest BCUT2D eigenvalue weighted by Crippen LogP contribution is 2.22. The number of morpholine rings is 1. The van der Waals surface area contributed by atoms with Crippen LogP contribution in [0.3, 0.4) is 0 Å². The van der Waals surface area contributed by atoms with Crippen molar-refractivity contribution in [1.29, 1.82) is 0 Å². The summed E-state index contributed by atoms with van der Waals surface area (Å²) in [7, 11) is 0. The molecule has 1 heterocycles. The lowest BCUT2D eigenvalue weighted by atomic mass is 10.0. The Morgan fingerprint density at radius 2 is 2.25 bits per heavy atom. The van der Waals surface area contributed by atoms with Crippen LogP contribution in [0.15, 0.2) is 0 Å². The van der Waals surface area contributed by atoms with Crippen LogP contribution in [0, 0.1) is 0 Å². The summed E-state index contributed by atoms with van der Waals surface area (Å²) in [5.74, 6) is 0. The SMILES string of the molecule is CC1(C)COCCN1CC(CO)NC1CC1. The Hall–Kier alpha value is -0.160. The molecule has 4 nitrogen and oxygen atoms in total. The summed E-state index contributed by atoms with van der Waals surface area (Å²) in [4.78, 5) is 2.42. The van der Waals surface area contributed by atoms with Gasteiger partial charge in [-0.1, -0.05) is 0 Å². The quantitative estimate of drug-likeness (QED) is 0.706. The van der Waals surface area contributed by atoms with E-state index in [4.69, 9.17) is 4.74 Å². The van der Waals surface area contributed by atoms with E-state index < -0.39 is 0 Å². The van der Waals surface area contributed by atoms with Gasteiger partial charge in [-0.3, -0.25) is 4.90 Å². The van der Waals surface area contributed by atoms with Gasteiger partial charge < -0.3 is 15.2 Å². The third kappa shape index (κ3) is 3.17. The maximum Gasteiger partial charge on any atom is 0.0645 e. The first kappa shape index (κ1) is 12.3. The fraction of sp³-hybridized carbons (Fsp3) is 1.00.